The number of β-amino-alcohol motifs (C(OH)–C–C–N with tert-alkyl or cyclic N) is 1. The van der Waals surface area contributed by atoms with E-state index >= 15 is 4.39 Å². The second-order valence-corrected chi connectivity index (χ2v) is 11.6. The van der Waals surface area contributed by atoms with E-state index in [0.29, 0.717) is 53.5 Å². The van der Waals surface area contributed by atoms with Crippen LogP contribution in [0.4, 0.5) is 15.3 Å². The number of hydrogen-bond donors (Lipinski definition) is 3. The average molecular weight is 558 g/mol. The van der Waals surface area contributed by atoms with Crippen molar-refractivity contribution in [2.75, 3.05) is 43.9 Å². The topological polar surface area (TPSA) is 127 Å². The molecule has 0 radical (unpaired) electrons. The lowest BCUT2D eigenvalue weighted by molar-refractivity contribution is 0.145. The number of benzene rings is 2. The highest BCUT2D eigenvalue weighted by atomic mass is 35.5. The molecule has 4 aromatic rings. The molecule has 0 aliphatic carbocycles. The van der Waals surface area contributed by atoms with Crippen LogP contribution in [0.3, 0.4) is 0 Å². The van der Waals surface area contributed by atoms with Gasteiger partial charge in [0.05, 0.1) is 21.3 Å². The second-order valence-electron chi connectivity index (χ2n) is 10.1. The highest BCUT2D eigenvalue weighted by Crippen LogP contribution is 2.42. The summed E-state index contributed by atoms with van der Waals surface area (Å²) in [6.07, 6.45) is 1.96. The van der Waals surface area contributed by atoms with E-state index in [1.165, 1.54) is 11.3 Å². The van der Waals surface area contributed by atoms with Crippen LogP contribution in [0.5, 0.6) is 6.01 Å². The lowest BCUT2D eigenvalue weighted by atomic mass is 10.0. The van der Waals surface area contributed by atoms with Crippen molar-refractivity contribution in [3.05, 3.63) is 35.1 Å². The van der Waals surface area contributed by atoms with Gasteiger partial charge in [-0.15, -0.1) is 0 Å². The number of para-hydroxylation sites is 1. The molecular weight excluding hydrogens is 529 g/mol. The zero-order valence-electron chi connectivity index (χ0n) is 20.9. The number of nitrogens with zero attached hydrogens (tertiary/aromatic N) is 5. The fourth-order valence-corrected chi connectivity index (χ4v) is 6.58. The maximum absolute atomic E-state index is 16.4. The summed E-state index contributed by atoms with van der Waals surface area (Å²) in [5, 5.41) is 11.4. The lowest BCUT2D eigenvalue weighted by Gasteiger charge is -2.35. The van der Waals surface area contributed by atoms with Gasteiger partial charge in [0.15, 0.2) is 10.9 Å². The number of anilines is 2. The molecule has 2 aliphatic rings. The number of piperidine rings is 1. The first-order chi connectivity index (χ1) is 18.3. The zero-order valence-corrected chi connectivity index (χ0v) is 22.5. The van der Waals surface area contributed by atoms with Crippen molar-refractivity contribution in [1.29, 1.82) is 0 Å². The molecule has 38 heavy (non-hydrogen) atoms. The fourth-order valence-electron chi connectivity index (χ4n) is 5.52. The number of thiazole rings is 1. The molecule has 200 valence electrons. The maximum atomic E-state index is 16.4. The van der Waals surface area contributed by atoms with Gasteiger partial charge < -0.3 is 31.1 Å². The standard InChI is InChI=1S/C26H29ClFN7O2S/c1-34-7-3-4-14(34)12-37-26-32-23-17(24(33-26)35-10-13(29)8-15(36)11-35)9-18(27)20(21(23)28)16-5-2-6-19-22(16)31-25(30)38-19/h2,5-6,9,13-15,36H,3-4,7-8,10-12,29H2,1H3,(H2,30,31)/t13-,14+,15+/m1/s1. The third-order valence-corrected chi connectivity index (χ3v) is 8.53. The van der Waals surface area contributed by atoms with Crippen molar-refractivity contribution < 1.29 is 14.2 Å². The minimum Gasteiger partial charge on any atom is -0.462 e. The van der Waals surface area contributed by atoms with Crippen molar-refractivity contribution in [3.8, 4) is 17.1 Å². The van der Waals surface area contributed by atoms with E-state index in [2.05, 4.69) is 26.9 Å². The van der Waals surface area contributed by atoms with Gasteiger partial charge in [0, 0.05) is 41.7 Å². The molecule has 0 bridgehead atoms. The summed E-state index contributed by atoms with van der Waals surface area (Å²) in [6, 6.07) is 7.20. The molecule has 6 rings (SSSR count). The monoisotopic (exact) mass is 557 g/mol. The van der Waals surface area contributed by atoms with Gasteiger partial charge in [-0.05, 0) is 45.0 Å². The van der Waals surface area contributed by atoms with Gasteiger partial charge in [0.1, 0.15) is 17.9 Å². The molecule has 0 saturated carbocycles. The van der Waals surface area contributed by atoms with Gasteiger partial charge >= 0.3 is 6.01 Å². The summed E-state index contributed by atoms with van der Waals surface area (Å²) >= 11 is 8.07. The fraction of sp³-hybridized carbons (Fsp3) is 0.423. The first kappa shape index (κ1) is 25.4. The number of ether oxygens (including phenoxy) is 1. The number of aliphatic hydroxyl groups excluding tert-OH is 1. The molecular formula is C26H29ClFN7O2S. The molecule has 5 N–H and O–H groups in total. The Labute approximate surface area is 228 Å². The molecule has 3 atom stereocenters. The quantitative estimate of drug-likeness (QED) is 0.337. The van der Waals surface area contributed by atoms with Gasteiger partial charge in [-0.1, -0.05) is 35.1 Å². The van der Waals surface area contributed by atoms with Gasteiger partial charge in [-0.25, -0.2) is 9.37 Å². The minimum atomic E-state index is -0.632. The van der Waals surface area contributed by atoms with Crippen molar-refractivity contribution in [1.82, 2.24) is 19.9 Å². The van der Waals surface area contributed by atoms with Crippen LogP contribution in [0.1, 0.15) is 19.3 Å². The highest BCUT2D eigenvalue weighted by Gasteiger charge is 2.29. The molecule has 2 aliphatic heterocycles. The van der Waals surface area contributed by atoms with Crippen molar-refractivity contribution in [2.24, 2.45) is 5.73 Å². The highest BCUT2D eigenvalue weighted by molar-refractivity contribution is 7.22. The normalized spacial score (nSPS) is 22.6. The zero-order chi connectivity index (χ0) is 26.6. The molecule has 0 unspecified atom stereocenters. The van der Waals surface area contributed by atoms with E-state index in [1.54, 1.807) is 12.1 Å². The number of fused-ring (bicyclic) bond motifs is 2. The number of aromatic nitrogens is 3. The number of likely N-dealkylation sites (tertiary alicyclic amines) is 1. The summed E-state index contributed by atoms with van der Waals surface area (Å²) < 4.78 is 23.3. The van der Waals surface area contributed by atoms with Crippen LogP contribution >= 0.6 is 22.9 Å². The lowest BCUT2D eigenvalue weighted by Crippen LogP contribution is -2.49. The molecule has 2 fully saturated rings. The van der Waals surface area contributed by atoms with Gasteiger partial charge in [0.25, 0.3) is 0 Å². The van der Waals surface area contributed by atoms with Crippen LogP contribution < -0.4 is 21.1 Å². The molecule has 2 aromatic heterocycles. The third-order valence-electron chi connectivity index (χ3n) is 7.38. The van der Waals surface area contributed by atoms with E-state index in [9.17, 15) is 5.11 Å². The number of aliphatic hydroxyl groups is 1. The molecule has 9 nitrogen and oxygen atoms in total. The number of likely N-dealkylation sites (N-methyl/N-ethyl adjacent to an activating group) is 1. The Kier molecular flexibility index (Phi) is 6.73. The third kappa shape index (κ3) is 4.62. The van der Waals surface area contributed by atoms with E-state index < -0.39 is 11.9 Å². The van der Waals surface area contributed by atoms with E-state index in [4.69, 9.17) is 27.8 Å². The summed E-state index contributed by atoms with van der Waals surface area (Å²) in [4.78, 5) is 17.7. The molecule has 4 heterocycles. The number of rotatable bonds is 5. The summed E-state index contributed by atoms with van der Waals surface area (Å²) in [7, 11) is 2.06. The predicted octanol–water partition coefficient (Wildman–Crippen LogP) is 3.65. The molecule has 2 aromatic carbocycles. The summed E-state index contributed by atoms with van der Waals surface area (Å²) in [5.74, 6) is -0.164. The SMILES string of the molecule is CN1CCC[C@H]1COc1nc(N2C[C@H](N)C[C@H](O)C2)c2cc(Cl)c(-c3cccc4sc(N)nc34)c(F)c2n1. The van der Waals surface area contributed by atoms with E-state index in [-0.39, 0.29) is 34.2 Å². The Morgan fingerprint density at radius 3 is 2.84 bits per heavy atom. The summed E-state index contributed by atoms with van der Waals surface area (Å²) in [6.45, 7) is 2.16. The van der Waals surface area contributed by atoms with E-state index in [0.717, 1.165) is 24.1 Å². The predicted molar refractivity (Wildman–Crippen MR) is 149 cm³/mol. The second kappa shape index (κ2) is 10.0. The number of nitrogens with two attached hydrogens (primary N) is 2. The van der Waals surface area contributed by atoms with Crippen LogP contribution in [0.25, 0.3) is 32.2 Å². The molecule has 0 amide bonds. The Morgan fingerprint density at radius 1 is 1.24 bits per heavy atom. The number of halogens is 2. The minimum absolute atomic E-state index is 0.0738. The first-order valence-electron chi connectivity index (χ1n) is 12.6. The summed E-state index contributed by atoms with van der Waals surface area (Å²) in [5.41, 5.74) is 13.5. The van der Waals surface area contributed by atoms with Gasteiger partial charge in [-0.3, -0.25) is 0 Å². The Bertz CT molecular complexity index is 1510. The Morgan fingerprint density at radius 2 is 2.08 bits per heavy atom. The molecule has 0 spiro atoms. The average Bonchev–Trinajstić information content (AvgIpc) is 3.46. The number of nitrogen functional groups attached to an aromatic ring is 1. The van der Waals surface area contributed by atoms with Crippen LogP contribution in [-0.4, -0.2) is 76.4 Å². The Balaban J connectivity index is 1.51. The molecule has 12 heteroatoms. The first-order valence-corrected chi connectivity index (χ1v) is 13.8. The number of hydrogen-bond acceptors (Lipinski definition) is 10. The van der Waals surface area contributed by atoms with Crippen molar-refractivity contribution in [3.63, 3.8) is 0 Å². The van der Waals surface area contributed by atoms with Gasteiger partial charge in [0.2, 0.25) is 0 Å². The van der Waals surface area contributed by atoms with Crippen LogP contribution in [0.15, 0.2) is 24.3 Å². The van der Waals surface area contributed by atoms with E-state index in [1.807, 2.05) is 17.0 Å². The maximum Gasteiger partial charge on any atom is 0.319 e. The van der Waals surface area contributed by atoms with Gasteiger partial charge in [-0.2, -0.15) is 9.97 Å². The van der Waals surface area contributed by atoms with Crippen LogP contribution in [0.2, 0.25) is 5.02 Å². The van der Waals surface area contributed by atoms with Crippen molar-refractivity contribution >= 4 is 55.0 Å². The Hall–Kier alpha value is -2.83. The van der Waals surface area contributed by atoms with Crippen LogP contribution in [0, 0.1) is 5.82 Å². The molecule has 2 saturated heterocycles. The van der Waals surface area contributed by atoms with Crippen LogP contribution in [-0.2, 0) is 0 Å². The smallest absolute Gasteiger partial charge is 0.319 e. The largest absolute Gasteiger partial charge is 0.462 e. The van der Waals surface area contributed by atoms with Crippen molar-refractivity contribution in [2.45, 2.75) is 37.5 Å².